The van der Waals surface area contributed by atoms with Gasteiger partial charge in [0.1, 0.15) is 11.6 Å². The minimum atomic E-state index is -0.536. The maximum Gasteiger partial charge on any atom is 0.402 e. The highest BCUT2D eigenvalue weighted by molar-refractivity contribution is 5.90. The quantitative estimate of drug-likeness (QED) is 0.497. The van der Waals surface area contributed by atoms with Crippen LogP contribution < -0.4 is 0 Å². The van der Waals surface area contributed by atoms with Crippen molar-refractivity contribution in [3.8, 4) is 6.07 Å². The van der Waals surface area contributed by atoms with Gasteiger partial charge in [0, 0.05) is 6.07 Å². The van der Waals surface area contributed by atoms with Crippen LogP contribution in [0.1, 0.15) is 15.9 Å². The van der Waals surface area contributed by atoms with E-state index in [0.29, 0.717) is 0 Å². The molecule has 5 nitrogen and oxygen atoms in total. The number of nitriles is 1. The topological polar surface area (TPSA) is 78.2 Å². The highest BCUT2D eigenvalue weighted by Gasteiger charge is 2.16. The summed E-state index contributed by atoms with van der Waals surface area (Å²) in [6, 6.07) is 5.90. The fourth-order valence-electron chi connectivity index (χ4n) is 0.958. The van der Waals surface area contributed by atoms with Gasteiger partial charge in [-0.1, -0.05) is 0 Å². The zero-order valence-electron chi connectivity index (χ0n) is 7.39. The molecule has 0 amide bonds. The average molecular weight is 188 g/mol. The van der Waals surface area contributed by atoms with Gasteiger partial charge < -0.3 is 4.74 Å². The number of esters is 1. The second kappa shape index (κ2) is 4.01. The van der Waals surface area contributed by atoms with E-state index in [2.05, 4.69) is 9.71 Å². The highest BCUT2D eigenvalue weighted by atomic mass is 16.5. The largest absolute Gasteiger partial charge is 0.465 e. The second-order valence-electron chi connectivity index (χ2n) is 2.44. The molecule has 0 aliphatic heterocycles. The monoisotopic (exact) mass is 188 g/mol. The van der Waals surface area contributed by atoms with E-state index in [1.807, 2.05) is 0 Å². The lowest BCUT2D eigenvalue weighted by Gasteiger charge is -1.96. The van der Waals surface area contributed by atoms with Crippen molar-refractivity contribution in [2.75, 3.05) is 7.11 Å². The highest BCUT2D eigenvalue weighted by Crippen LogP contribution is 2.19. The van der Waals surface area contributed by atoms with Crippen LogP contribution in [-0.4, -0.2) is 13.1 Å². The third kappa shape index (κ3) is 1.67. The van der Waals surface area contributed by atoms with Crippen LogP contribution in [0.2, 0.25) is 0 Å². The van der Waals surface area contributed by atoms with E-state index in [1.54, 1.807) is 6.07 Å². The van der Waals surface area contributed by atoms with Crippen molar-refractivity contribution in [1.29, 1.82) is 10.7 Å². The van der Waals surface area contributed by atoms with E-state index in [4.69, 9.17) is 10.7 Å². The lowest BCUT2D eigenvalue weighted by molar-refractivity contribution is 0.0600. The molecule has 0 aliphatic carbocycles. The molecule has 1 rings (SSSR count). The number of benzene rings is 1. The van der Waals surface area contributed by atoms with Gasteiger partial charge in [-0.2, -0.15) is 5.26 Å². The van der Waals surface area contributed by atoms with E-state index in [0.717, 1.165) is 0 Å². The Morgan fingerprint density at radius 3 is 2.79 bits per heavy atom. The van der Waals surface area contributed by atoms with Crippen LogP contribution in [0.4, 0.5) is 5.69 Å². The van der Waals surface area contributed by atoms with Crippen molar-refractivity contribution in [2.45, 2.75) is 0 Å². The molecule has 0 atom stereocenters. The molecular formula is C9H6N3O2+. The molecule has 1 aromatic rings. The Labute approximate surface area is 80.2 Å². The normalized spacial score (nSPS) is 8.50. The summed E-state index contributed by atoms with van der Waals surface area (Å²) < 4.78 is 4.47. The van der Waals surface area contributed by atoms with E-state index < -0.39 is 5.97 Å². The summed E-state index contributed by atoms with van der Waals surface area (Å²) in [4.78, 5) is 13.9. The van der Waals surface area contributed by atoms with Crippen LogP contribution in [0, 0.1) is 16.7 Å². The molecule has 0 saturated heterocycles. The SMILES string of the molecule is COC(=O)c1ccc([N+]#N)c(C#N)c1. The van der Waals surface area contributed by atoms with Crippen molar-refractivity contribution in [2.24, 2.45) is 0 Å². The summed E-state index contributed by atoms with van der Waals surface area (Å²) in [5.74, 6) is -0.536. The summed E-state index contributed by atoms with van der Waals surface area (Å²) in [6.45, 7) is 0. The van der Waals surface area contributed by atoms with Gasteiger partial charge in [-0.25, -0.2) is 4.79 Å². The van der Waals surface area contributed by atoms with Crippen LogP contribution in [0.15, 0.2) is 18.2 Å². The van der Waals surface area contributed by atoms with Gasteiger partial charge in [-0.3, -0.25) is 0 Å². The van der Waals surface area contributed by atoms with Crippen molar-refractivity contribution in [3.63, 3.8) is 0 Å². The summed E-state index contributed by atoms with van der Waals surface area (Å²) in [7, 11) is 1.25. The van der Waals surface area contributed by atoms with Crippen molar-refractivity contribution >= 4 is 11.7 Å². The minimum absolute atomic E-state index is 0.121. The molecule has 0 aromatic heterocycles. The smallest absolute Gasteiger partial charge is 0.402 e. The molecule has 0 unspecified atom stereocenters. The number of ether oxygens (including phenoxy) is 1. The number of hydrogen-bond acceptors (Lipinski definition) is 4. The van der Waals surface area contributed by atoms with Gasteiger partial charge in [0.05, 0.1) is 12.7 Å². The summed E-state index contributed by atoms with van der Waals surface area (Å²) in [6.07, 6.45) is 0. The Morgan fingerprint density at radius 2 is 2.29 bits per heavy atom. The van der Waals surface area contributed by atoms with Gasteiger partial charge >= 0.3 is 11.7 Å². The number of diazo groups is 1. The van der Waals surface area contributed by atoms with Crippen LogP contribution in [0.5, 0.6) is 0 Å². The molecule has 0 heterocycles. The number of rotatable bonds is 1. The van der Waals surface area contributed by atoms with Crippen LogP contribution in [0.25, 0.3) is 4.98 Å². The van der Waals surface area contributed by atoms with Gasteiger partial charge in [0.2, 0.25) is 5.39 Å². The van der Waals surface area contributed by atoms with Gasteiger partial charge in [-0.05, 0) is 12.1 Å². The molecule has 0 spiro atoms. The summed E-state index contributed by atoms with van der Waals surface area (Å²) in [5.41, 5.74) is 0.493. The van der Waals surface area contributed by atoms with Gasteiger partial charge in [-0.15, -0.1) is 0 Å². The second-order valence-corrected chi connectivity index (χ2v) is 2.44. The fourth-order valence-corrected chi connectivity index (χ4v) is 0.958. The molecule has 5 heteroatoms. The maximum absolute atomic E-state index is 11.1. The zero-order chi connectivity index (χ0) is 10.6. The third-order valence-corrected chi connectivity index (χ3v) is 1.65. The summed E-state index contributed by atoms with van der Waals surface area (Å²) in [5, 5.41) is 17.1. The molecule has 68 valence electrons. The first-order chi connectivity index (χ1) is 6.72. The predicted octanol–water partition coefficient (Wildman–Crippen LogP) is 1.83. The van der Waals surface area contributed by atoms with Gasteiger partial charge in [0.25, 0.3) is 0 Å². The molecule has 0 radical (unpaired) electrons. The lowest BCUT2D eigenvalue weighted by Crippen LogP contribution is -2.00. The number of methoxy groups -OCH3 is 1. The lowest BCUT2D eigenvalue weighted by atomic mass is 10.1. The molecule has 0 bridgehead atoms. The molecular weight excluding hydrogens is 182 g/mol. The van der Waals surface area contributed by atoms with E-state index in [-0.39, 0.29) is 16.8 Å². The maximum atomic E-state index is 11.1. The van der Waals surface area contributed by atoms with E-state index in [1.165, 1.54) is 25.3 Å². The standard InChI is InChI=1S/C9H6N3O2/c1-14-9(13)6-2-3-8(12-11)7(4-6)5-10/h2-4H,1H3/q+1. The Hall–Kier alpha value is -2.40. The van der Waals surface area contributed by atoms with Crippen LogP contribution in [-0.2, 0) is 4.74 Å². The van der Waals surface area contributed by atoms with Crippen LogP contribution >= 0.6 is 0 Å². The molecule has 0 fully saturated rings. The fraction of sp³-hybridized carbons (Fsp3) is 0.111. The first kappa shape index (κ1) is 9.69. The Balaban J connectivity index is 3.24. The first-order valence-electron chi connectivity index (χ1n) is 3.70. The summed E-state index contributed by atoms with van der Waals surface area (Å²) >= 11 is 0. The minimum Gasteiger partial charge on any atom is -0.465 e. The van der Waals surface area contributed by atoms with Crippen LogP contribution in [0.3, 0.4) is 0 Å². The average Bonchev–Trinajstić information content (AvgIpc) is 2.26. The molecule has 1 aromatic carbocycles. The number of nitrogens with zero attached hydrogens (tertiary/aromatic N) is 3. The Kier molecular flexibility index (Phi) is 2.78. The molecule has 0 saturated carbocycles. The molecule has 0 N–H and O–H groups in total. The third-order valence-electron chi connectivity index (χ3n) is 1.65. The van der Waals surface area contributed by atoms with Crippen molar-refractivity contribution < 1.29 is 9.53 Å². The Bertz CT molecular complexity index is 454. The number of hydrogen-bond donors (Lipinski definition) is 0. The number of carbonyl (C=O) groups excluding carboxylic acids is 1. The van der Waals surface area contributed by atoms with Crippen molar-refractivity contribution in [3.05, 3.63) is 34.3 Å². The Morgan fingerprint density at radius 1 is 1.57 bits per heavy atom. The van der Waals surface area contributed by atoms with Crippen molar-refractivity contribution in [1.82, 2.24) is 0 Å². The van der Waals surface area contributed by atoms with E-state index in [9.17, 15) is 4.79 Å². The zero-order valence-corrected chi connectivity index (χ0v) is 7.39. The predicted molar refractivity (Wildman–Crippen MR) is 47.2 cm³/mol. The van der Waals surface area contributed by atoms with E-state index >= 15 is 0 Å². The number of carbonyl (C=O) groups is 1. The molecule has 14 heavy (non-hydrogen) atoms. The van der Waals surface area contributed by atoms with Gasteiger partial charge in [0.15, 0.2) is 4.98 Å². The first-order valence-corrected chi connectivity index (χ1v) is 3.70. The molecule has 0 aliphatic rings.